The topological polar surface area (TPSA) is 104 Å². The summed E-state index contributed by atoms with van der Waals surface area (Å²) in [5, 5.41) is 16.4. The highest BCUT2D eigenvalue weighted by Crippen LogP contribution is 2.18. The van der Waals surface area contributed by atoms with E-state index in [1.54, 1.807) is 17.2 Å². The summed E-state index contributed by atoms with van der Waals surface area (Å²) in [5.41, 5.74) is 2.05. The van der Waals surface area contributed by atoms with Crippen LogP contribution < -0.4 is 5.32 Å². The average molecular weight is 364 g/mol. The number of aryl methyl sites for hydroxylation is 1. The van der Waals surface area contributed by atoms with Gasteiger partial charge >= 0.3 is 6.03 Å². The number of rotatable bonds is 3. The van der Waals surface area contributed by atoms with Crippen LogP contribution in [0, 0.1) is 11.3 Å². The van der Waals surface area contributed by atoms with Crippen molar-refractivity contribution < 1.29 is 4.79 Å². The molecule has 1 aliphatic rings. The van der Waals surface area contributed by atoms with Gasteiger partial charge in [0.2, 0.25) is 5.78 Å². The molecule has 4 heterocycles. The normalized spacial score (nSPS) is 15.0. The van der Waals surface area contributed by atoms with Crippen molar-refractivity contribution in [2.75, 3.05) is 6.54 Å². The van der Waals surface area contributed by atoms with Gasteiger partial charge in [0.05, 0.1) is 24.0 Å². The Morgan fingerprint density at radius 1 is 1.44 bits per heavy atom. The third kappa shape index (κ3) is 3.33. The largest absolute Gasteiger partial charge is 0.330 e. The number of carbonyl (C=O) groups is 1. The van der Waals surface area contributed by atoms with Gasteiger partial charge in [0.1, 0.15) is 6.07 Å². The van der Waals surface area contributed by atoms with E-state index in [1.165, 1.54) is 0 Å². The highest BCUT2D eigenvalue weighted by molar-refractivity contribution is 5.74. The van der Waals surface area contributed by atoms with E-state index in [0.29, 0.717) is 31.1 Å². The second-order valence-corrected chi connectivity index (χ2v) is 6.53. The summed E-state index contributed by atoms with van der Waals surface area (Å²) < 4.78 is 3.66. The van der Waals surface area contributed by atoms with Gasteiger partial charge in [-0.05, 0) is 25.0 Å². The van der Waals surface area contributed by atoms with E-state index in [4.69, 9.17) is 5.26 Å². The first-order valence-corrected chi connectivity index (χ1v) is 9.00. The van der Waals surface area contributed by atoms with E-state index in [0.717, 1.165) is 24.2 Å². The number of hydrogen-bond acceptors (Lipinski definition) is 5. The molecule has 0 saturated heterocycles. The summed E-state index contributed by atoms with van der Waals surface area (Å²) in [7, 11) is 0. The lowest BCUT2D eigenvalue weighted by molar-refractivity contribution is 0.191. The van der Waals surface area contributed by atoms with E-state index in [9.17, 15) is 4.79 Å². The van der Waals surface area contributed by atoms with Gasteiger partial charge in [-0.1, -0.05) is 6.92 Å². The van der Waals surface area contributed by atoms with Crippen molar-refractivity contribution in [3.8, 4) is 6.07 Å². The molecule has 0 fully saturated rings. The van der Waals surface area contributed by atoms with E-state index in [1.807, 2.05) is 34.5 Å². The first-order chi connectivity index (χ1) is 13.2. The molecule has 0 unspecified atom stereocenters. The molecule has 2 amide bonds. The molecule has 1 N–H and O–H groups in total. The number of fused-ring (bicyclic) bond motifs is 2. The number of carbonyl (C=O) groups excluding carboxylic acids is 1. The molecule has 9 heteroatoms. The molecule has 27 heavy (non-hydrogen) atoms. The van der Waals surface area contributed by atoms with Crippen molar-refractivity contribution in [3.05, 3.63) is 47.8 Å². The van der Waals surface area contributed by atoms with E-state index in [-0.39, 0.29) is 12.1 Å². The Labute approximate surface area is 156 Å². The van der Waals surface area contributed by atoms with Gasteiger partial charge in [-0.3, -0.25) is 9.08 Å². The minimum Gasteiger partial charge on any atom is -0.330 e. The van der Waals surface area contributed by atoms with E-state index in [2.05, 4.69) is 26.5 Å². The maximum atomic E-state index is 12.9. The van der Waals surface area contributed by atoms with E-state index >= 15 is 0 Å². The van der Waals surface area contributed by atoms with Crippen molar-refractivity contribution in [1.82, 2.24) is 34.4 Å². The van der Waals surface area contributed by atoms with Crippen LogP contribution in [-0.4, -0.2) is 41.6 Å². The highest BCUT2D eigenvalue weighted by Gasteiger charge is 2.24. The lowest BCUT2D eigenvalue weighted by atomic mass is 10.2. The van der Waals surface area contributed by atoms with Gasteiger partial charge in [-0.15, -0.1) is 0 Å². The van der Waals surface area contributed by atoms with Crippen molar-refractivity contribution in [1.29, 1.82) is 5.26 Å². The maximum Gasteiger partial charge on any atom is 0.318 e. The molecule has 138 valence electrons. The maximum absolute atomic E-state index is 12.9. The minimum atomic E-state index is -0.193. The fourth-order valence-corrected chi connectivity index (χ4v) is 3.33. The monoisotopic (exact) mass is 364 g/mol. The second-order valence-electron chi connectivity index (χ2n) is 6.53. The molecule has 3 aromatic rings. The van der Waals surface area contributed by atoms with Gasteiger partial charge in [-0.2, -0.15) is 10.4 Å². The quantitative estimate of drug-likeness (QED) is 0.764. The predicted octanol–water partition coefficient (Wildman–Crippen LogP) is 1.86. The van der Waals surface area contributed by atoms with Crippen LogP contribution in [0.2, 0.25) is 0 Å². The molecule has 0 bridgehead atoms. The fourth-order valence-electron chi connectivity index (χ4n) is 3.33. The lowest BCUT2D eigenvalue weighted by Crippen LogP contribution is -2.41. The minimum absolute atomic E-state index is 0.139. The third-order valence-corrected chi connectivity index (χ3v) is 4.73. The Hall–Kier alpha value is -3.41. The van der Waals surface area contributed by atoms with Gasteiger partial charge in [0.25, 0.3) is 0 Å². The summed E-state index contributed by atoms with van der Waals surface area (Å²) >= 11 is 0. The smallest absolute Gasteiger partial charge is 0.318 e. The molecule has 3 aromatic heterocycles. The Morgan fingerprint density at radius 2 is 2.33 bits per heavy atom. The molecule has 1 aliphatic heterocycles. The molecule has 0 aliphatic carbocycles. The number of nitriles is 1. The summed E-state index contributed by atoms with van der Waals surface area (Å²) in [6.07, 6.45) is 6.99. The SMILES string of the molecule is CC[C@@H](NC(=O)N1CCCn2nc(C#N)cc2C1)c1cn2cccnc2n1. The fraction of sp³-hybridized carbons (Fsp3) is 0.389. The van der Waals surface area contributed by atoms with Crippen molar-refractivity contribution >= 4 is 11.8 Å². The molecule has 1 atom stereocenters. The summed E-state index contributed by atoms with van der Waals surface area (Å²) in [6.45, 7) is 3.79. The van der Waals surface area contributed by atoms with Gasteiger partial charge in [-0.25, -0.2) is 14.8 Å². The van der Waals surface area contributed by atoms with E-state index < -0.39 is 0 Å². The zero-order chi connectivity index (χ0) is 18.8. The molecule has 0 saturated carbocycles. The van der Waals surface area contributed by atoms with Crippen LogP contribution in [0.4, 0.5) is 4.79 Å². The summed E-state index contributed by atoms with van der Waals surface area (Å²) in [5.74, 6) is 0.614. The summed E-state index contributed by atoms with van der Waals surface area (Å²) in [4.78, 5) is 23.4. The molecule has 9 nitrogen and oxygen atoms in total. The van der Waals surface area contributed by atoms with Crippen LogP contribution in [0.5, 0.6) is 0 Å². The van der Waals surface area contributed by atoms with Crippen LogP contribution in [0.3, 0.4) is 0 Å². The van der Waals surface area contributed by atoms with Crippen molar-refractivity contribution in [2.24, 2.45) is 0 Å². The Bertz CT molecular complexity index is 981. The van der Waals surface area contributed by atoms with Gasteiger partial charge < -0.3 is 10.2 Å². The van der Waals surface area contributed by atoms with Crippen molar-refractivity contribution in [2.45, 2.75) is 38.9 Å². The third-order valence-electron chi connectivity index (χ3n) is 4.73. The number of urea groups is 1. The van der Waals surface area contributed by atoms with Crippen LogP contribution >= 0.6 is 0 Å². The number of aromatic nitrogens is 5. The molecular weight excluding hydrogens is 344 g/mol. The molecule has 0 spiro atoms. The lowest BCUT2D eigenvalue weighted by Gasteiger charge is -2.24. The van der Waals surface area contributed by atoms with Gasteiger partial charge in [0, 0.05) is 31.7 Å². The average Bonchev–Trinajstić information content (AvgIpc) is 3.23. The molecular formula is C18H20N8O. The zero-order valence-electron chi connectivity index (χ0n) is 15.0. The number of nitrogens with zero attached hydrogens (tertiary/aromatic N) is 7. The van der Waals surface area contributed by atoms with Crippen molar-refractivity contribution in [3.63, 3.8) is 0 Å². The van der Waals surface area contributed by atoms with Crippen LogP contribution in [0.1, 0.15) is 42.9 Å². The second kappa shape index (κ2) is 7.07. The molecule has 0 aromatic carbocycles. The number of imidazole rings is 1. The number of nitrogens with one attached hydrogen (secondary N) is 1. The molecule has 4 rings (SSSR count). The van der Waals surface area contributed by atoms with Crippen LogP contribution in [0.15, 0.2) is 30.7 Å². The predicted molar refractivity (Wildman–Crippen MR) is 96.5 cm³/mol. The Kier molecular flexibility index (Phi) is 4.46. The standard InChI is InChI=1S/C18H20N8O/c1-2-15(16-12-24-6-3-5-20-17(24)21-16)22-18(27)25-7-4-8-26-14(11-25)9-13(10-19)23-26/h3,5-6,9,12,15H,2,4,7-8,11H2,1H3,(H,22,27)/t15-/m1/s1. The first kappa shape index (κ1) is 17.0. The highest BCUT2D eigenvalue weighted by atomic mass is 16.2. The first-order valence-electron chi connectivity index (χ1n) is 9.00. The molecule has 0 radical (unpaired) electrons. The van der Waals surface area contributed by atoms with Crippen LogP contribution in [-0.2, 0) is 13.1 Å². The number of hydrogen-bond donors (Lipinski definition) is 1. The Morgan fingerprint density at radius 3 is 3.11 bits per heavy atom. The summed E-state index contributed by atoms with van der Waals surface area (Å²) in [6, 6.07) is 5.31. The zero-order valence-corrected chi connectivity index (χ0v) is 15.0. The van der Waals surface area contributed by atoms with Gasteiger partial charge in [0.15, 0.2) is 5.69 Å². The Balaban J connectivity index is 1.50. The van der Waals surface area contributed by atoms with Crippen LogP contribution in [0.25, 0.3) is 5.78 Å². The number of amides is 2.